The molecule has 7 nitrogen and oxygen atoms in total. The van der Waals surface area contributed by atoms with Crippen molar-refractivity contribution in [1.29, 1.82) is 0 Å². The predicted molar refractivity (Wildman–Crippen MR) is 147 cm³/mol. The summed E-state index contributed by atoms with van der Waals surface area (Å²) in [4.78, 5) is 31.7. The van der Waals surface area contributed by atoms with E-state index in [-0.39, 0.29) is 31.2 Å². The SMILES string of the molecule is CCC(C)CN(CC(=O)N(Cc1ccc2c(c1)OCO2)Cc1sccc1C)C(=O)Nc1ccccc1C. The van der Waals surface area contributed by atoms with Gasteiger partial charge in [0, 0.05) is 23.7 Å². The maximum absolute atomic E-state index is 13.8. The van der Waals surface area contributed by atoms with E-state index in [1.807, 2.05) is 59.7 Å². The van der Waals surface area contributed by atoms with E-state index in [2.05, 4.69) is 32.2 Å². The molecule has 2 aromatic carbocycles. The zero-order valence-corrected chi connectivity index (χ0v) is 22.8. The van der Waals surface area contributed by atoms with Crippen LogP contribution in [0, 0.1) is 19.8 Å². The monoisotopic (exact) mass is 521 g/mol. The smallest absolute Gasteiger partial charge is 0.322 e. The van der Waals surface area contributed by atoms with Crippen LogP contribution in [0.4, 0.5) is 10.5 Å². The number of nitrogens with one attached hydrogen (secondary N) is 1. The van der Waals surface area contributed by atoms with Gasteiger partial charge in [-0.25, -0.2) is 4.79 Å². The third kappa shape index (κ3) is 6.83. The van der Waals surface area contributed by atoms with Crippen molar-refractivity contribution in [2.45, 2.75) is 47.2 Å². The fourth-order valence-corrected chi connectivity index (χ4v) is 5.05. The summed E-state index contributed by atoms with van der Waals surface area (Å²) in [6, 6.07) is 15.2. The number of rotatable bonds is 10. The molecule has 1 atom stereocenters. The van der Waals surface area contributed by atoms with Gasteiger partial charge in [0.15, 0.2) is 11.5 Å². The van der Waals surface area contributed by atoms with Gasteiger partial charge in [-0.15, -0.1) is 11.3 Å². The van der Waals surface area contributed by atoms with E-state index >= 15 is 0 Å². The molecule has 0 aliphatic carbocycles. The van der Waals surface area contributed by atoms with Crippen molar-refractivity contribution >= 4 is 29.0 Å². The zero-order valence-electron chi connectivity index (χ0n) is 22.0. The number of urea groups is 1. The lowest BCUT2D eigenvalue weighted by Crippen LogP contribution is -2.45. The first-order valence-electron chi connectivity index (χ1n) is 12.6. The number of benzene rings is 2. The largest absolute Gasteiger partial charge is 0.454 e. The Hall–Kier alpha value is -3.52. The Morgan fingerprint density at radius 2 is 1.78 bits per heavy atom. The molecule has 0 radical (unpaired) electrons. The number of hydrogen-bond donors (Lipinski definition) is 1. The standard InChI is InChI=1S/C29H35N3O4S/c1-5-20(2)15-32(29(34)30-24-9-7-6-8-21(24)3)18-28(33)31(17-27-22(4)12-13-37-27)16-23-10-11-25-26(14-23)36-19-35-25/h6-14,20H,5,15-19H2,1-4H3,(H,30,34). The van der Waals surface area contributed by atoms with Gasteiger partial charge in [-0.2, -0.15) is 0 Å². The number of hydrogen-bond acceptors (Lipinski definition) is 5. The van der Waals surface area contributed by atoms with Crippen LogP contribution in [0.5, 0.6) is 11.5 Å². The van der Waals surface area contributed by atoms with Gasteiger partial charge in [0.2, 0.25) is 12.7 Å². The molecule has 1 aliphatic heterocycles. The summed E-state index contributed by atoms with van der Waals surface area (Å²) >= 11 is 1.64. The summed E-state index contributed by atoms with van der Waals surface area (Å²) in [5.74, 6) is 1.56. The highest BCUT2D eigenvalue weighted by molar-refractivity contribution is 7.10. The Balaban J connectivity index is 1.54. The van der Waals surface area contributed by atoms with Crippen molar-refractivity contribution in [2.24, 2.45) is 5.92 Å². The van der Waals surface area contributed by atoms with Gasteiger partial charge in [0.1, 0.15) is 6.54 Å². The van der Waals surface area contributed by atoms with Crippen molar-refractivity contribution in [3.8, 4) is 11.5 Å². The fourth-order valence-electron chi connectivity index (χ4n) is 4.13. The molecule has 0 fully saturated rings. The van der Waals surface area contributed by atoms with Crippen LogP contribution in [0.15, 0.2) is 53.9 Å². The van der Waals surface area contributed by atoms with Crippen molar-refractivity contribution < 1.29 is 19.1 Å². The highest BCUT2D eigenvalue weighted by Gasteiger charge is 2.25. The van der Waals surface area contributed by atoms with E-state index in [1.165, 1.54) is 0 Å². The number of thiophene rings is 1. The van der Waals surface area contributed by atoms with E-state index in [0.717, 1.165) is 33.7 Å². The van der Waals surface area contributed by atoms with Crippen LogP contribution in [-0.4, -0.2) is 41.6 Å². The second-order valence-corrected chi connectivity index (χ2v) is 10.6. The molecule has 1 N–H and O–H groups in total. The summed E-state index contributed by atoms with van der Waals surface area (Å²) < 4.78 is 11.0. The normalized spacial score (nSPS) is 12.8. The van der Waals surface area contributed by atoms with Crippen LogP contribution in [-0.2, 0) is 17.9 Å². The van der Waals surface area contributed by atoms with Crippen LogP contribution < -0.4 is 14.8 Å². The number of amides is 3. The molecule has 3 aromatic rings. The number of fused-ring (bicyclic) bond motifs is 1. The third-order valence-electron chi connectivity index (χ3n) is 6.69. The minimum atomic E-state index is -0.265. The van der Waals surface area contributed by atoms with Gasteiger partial charge in [-0.1, -0.05) is 44.5 Å². The van der Waals surface area contributed by atoms with Crippen LogP contribution in [0.1, 0.15) is 41.8 Å². The molecule has 8 heteroatoms. The topological polar surface area (TPSA) is 71.1 Å². The Morgan fingerprint density at radius 3 is 2.51 bits per heavy atom. The number of anilines is 1. The van der Waals surface area contributed by atoms with Crippen LogP contribution in [0.2, 0.25) is 0 Å². The second-order valence-electron chi connectivity index (χ2n) is 9.60. The highest BCUT2D eigenvalue weighted by atomic mass is 32.1. The summed E-state index contributed by atoms with van der Waals surface area (Å²) in [6.07, 6.45) is 0.914. The van der Waals surface area contributed by atoms with Gasteiger partial charge < -0.3 is 24.6 Å². The van der Waals surface area contributed by atoms with E-state index in [9.17, 15) is 9.59 Å². The molecule has 4 rings (SSSR count). The maximum Gasteiger partial charge on any atom is 0.322 e. The molecule has 37 heavy (non-hydrogen) atoms. The lowest BCUT2D eigenvalue weighted by Gasteiger charge is -2.29. The molecule has 196 valence electrons. The van der Waals surface area contributed by atoms with E-state index in [0.29, 0.717) is 31.1 Å². The van der Waals surface area contributed by atoms with Gasteiger partial charge in [0.05, 0.1) is 6.54 Å². The van der Waals surface area contributed by atoms with E-state index < -0.39 is 0 Å². The van der Waals surface area contributed by atoms with Gasteiger partial charge >= 0.3 is 6.03 Å². The Bertz CT molecular complexity index is 1240. The molecule has 1 aliphatic rings. The van der Waals surface area contributed by atoms with Gasteiger partial charge in [-0.05, 0) is 66.1 Å². The van der Waals surface area contributed by atoms with Crippen molar-refractivity contribution in [3.63, 3.8) is 0 Å². The molecule has 0 bridgehead atoms. The zero-order chi connectivity index (χ0) is 26.4. The molecule has 0 saturated carbocycles. The number of ether oxygens (including phenoxy) is 2. The van der Waals surface area contributed by atoms with Crippen molar-refractivity contribution in [2.75, 3.05) is 25.2 Å². The van der Waals surface area contributed by atoms with Crippen molar-refractivity contribution in [1.82, 2.24) is 9.80 Å². The van der Waals surface area contributed by atoms with Gasteiger partial charge in [-0.3, -0.25) is 4.79 Å². The Morgan fingerprint density at radius 1 is 1.00 bits per heavy atom. The van der Waals surface area contributed by atoms with Crippen LogP contribution in [0.3, 0.4) is 0 Å². The Labute approximate surface area is 223 Å². The minimum Gasteiger partial charge on any atom is -0.454 e. The van der Waals surface area contributed by atoms with Crippen LogP contribution in [0.25, 0.3) is 0 Å². The summed E-state index contributed by atoms with van der Waals surface area (Å²) in [7, 11) is 0. The molecular weight excluding hydrogens is 486 g/mol. The molecule has 1 aromatic heterocycles. The number of carbonyl (C=O) groups excluding carboxylic acids is 2. The molecule has 0 spiro atoms. The Kier molecular flexibility index (Phi) is 8.71. The number of aryl methyl sites for hydroxylation is 2. The quantitative estimate of drug-likeness (QED) is 0.345. The molecule has 2 heterocycles. The van der Waals surface area contributed by atoms with Crippen LogP contribution >= 0.6 is 11.3 Å². The molecule has 3 amide bonds. The number of para-hydroxylation sites is 1. The number of nitrogens with zero attached hydrogens (tertiary/aromatic N) is 2. The average molecular weight is 522 g/mol. The van der Waals surface area contributed by atoms with E-state index in [4.69, 9.17) is 9.47 Å². The first-order chi connectivity index (χ1) is 17.8. The lowest BCUT2D eigenvalue weighted by molar-refractivity contribution is -0.133. The maximum atomic E-state index is 13.8. The molecule has 0 saturated heterocycles. The number of carbonyl (C=O) groups is 2. The average Bonchev–Trinajstić information content (AvgIpc) is 3.52. The summed E-state index contributed by atoms with van der Waals surface area (Å²) in [6.45, 7) is 9.78. The summed E-state index contributed by atoms with van der Waals surface area (Å²) in [5.41, 5.74) is 3.83. The highest BCUT2D eigenvalue weighted by Crippen LogP contribution is 2.33. The summed E-state index contributed by atoms with van der Waals surface area (Å²) in [5, 5.41) is 5.05. The first kappa shape index (κ1) is 26.5. The predicted octanol–water partition coefficient (Wildman–Crippen LogP) is 6.20. The first-order valence-corrected chi connectivity index (χ1v) is 13.5. The third-order valence-corrected chi connectivity index (χ3v) is 7.70. The minimum absolute atomic E-state index is 0.00295. The van der Waals surface area contributed by atoms with Crippen molar-refractivity contribution in [3.05, 3.63) is 75.5 Å². The fraction of sp³-hybridized carbons (Fsp3) is 0.379. The molecule has 1 unspecified atom stereocenters. The second kappa shape index (κ2) is 12.1. The van der Waals surface area contributed by atoms with Gasteiger partial charge in [0.25, 0.3) is 0 Å². The lowest BCUT2D eigenvalue weighted by atomic mass is 10.1. The molecular formula is C29H35N3O4S. The van der Waals surface area contributed by atoms with E-state index in [1.54, 1.807) is 16.2 Å².